The molecule has 1 aromatic heterocycles. The lowest BCUT2D eigenvalue weighted by molar-refractivity contribution is 0.0940. The summed E-state index contributed by atoms with van der Waals surface area (Å²) in [5, 5.41) is 3.72. The Morgan fingerprint density at radius 1 is 1.54 bits per heavy atom. The van der Waals surface area contributed by atoms with Crippen LogP contribution < -0.4 is 5.73 Å². The molecular formula is C9H12BrNOS. The van der Waals surface area contributed by atoms with Crippen molar-refractivity contribution in [1.29, 1.82) is 0 Å². The maximum Gasteiger partial charge on any atom is 0.181 e. The Bertz CT molecular complexity index is 308. The summed E-state index contributed by atoms with van der Waals surface area (Å²) < 4.78 is 0.846. The predicted octanol–water partition coefficient (Wildman–Crippen LogP) is 2.68. The molecule has 72 valence electrons. The molecule has 0 saturated carbocycles. The number of nitrogens with two attached hydrogens (primary N) is 1. The number of Topliss-reactive ketones (excluding diaryl/α,β-unsaturated/α-hetero) is 1. The van der Waals surface area contributed by atoms with Crippen molar-refractivity contribution in [3.63, 3.8) is 0 Å². The summed E-state index contributed by atoms with van der Waals surface area (Å²) >= 11 is 4.82. The van der Waals surface area contributed by atoms with Crippen LogP contribution in [-0.4, -0.2) is 11.8 Å². The Kier molecular flexibility index (Phi) is 3.64. The highest BCUT2D eigenvalue weighted by molar-refractivity contribution is 9.10. The van der Waals surface area contributed by atoms with E-state index in [2.05, 4.69) is 15.9 Å². The zero-order valence-electron chi connectivity index (χ0n) is 7.58. The molecule has 0 aliphatic carbocycles. The second-order valence-electron chi connectivity index (χ2n) is 3.27. The van der Waals surface area contributed by atoms with Gasteiger partial charge in [0.1, 0.15) is 0 Å². The van der Waals surface area contributed by atoms with Gasteiger partial charge in [-0.25, -0.2) is 0 Å². The standard InChI is InChI=1S/C9H12BrNOS/c1-5(2)8(11)9(12)6-3-13-4-7(6)10/h3-5,8H,11H2,1-2H3. The van der Waals surface area contributed by atoms with Gasteiger partial charge in [0.15, 0.2) is 5.78 Å². The summed E-state index contributed by atoms with van der Waals surface area (Å²) in [4.78, 5) is 11.7. The number of halogens is 1. The highest BCUT2D eigenvalue weighted by Gasteiger charge is 2.21. The molecule has 0 aliphatic rings. The maximum absolute atomic E-state index is 11.7. The molecule has 0 aromatic carbocycles. The van der Waals surface area contributed by atoms with Crippen molar-refractivity contribution < 1.29 is 4.79 Å². The van der Waals surface area contributed by atoms with Crippen LogP contribution in [0.1, 0.15) is 24.2 Å². The van der Waals surface area contributed by atoms with Crippen molar-refractivity contribution in [1.82, 2.24) is 0 Å². The van der Waals surface area contributed by atoms with Crippen molar-refractivity contribution >= 4 is 33.0 Å². The molecule has 1 unspecified atom stereocenters. The molecule has 0 fully saturated rings. The SMILES string of the molecule is CC(C)C(N)C(=O)c1cscc1Br. The highest BCUT2D eigenvalue weighted by atomic mass is 79.9. The maximum atomic E-state index is 11.7. The number of hydrogen-bond donors (Lipinski definition) is 1. The quantitative estimate of drug-likeness (QED) is 0.851. The Hall–Kier alpha value is -0.190. The van der Waals surface area contributed by atoms with Crippen LogP contribution >= 0.6 is 27.3 Å². The normalized spacial score (nSPS) is 13.3. The summed E-state index contributed by atoms with van der Waals surface area (Å²) in [7, 11) is 0. The molecule has 2 N–H and O–H groups in total. The Morgan fingerprint density at radius 3 is 2.54 bits per heavy atom. The van der Waals surface area contributed by atoms with E-state index in [4.69, 9.17) is 5.73 Å². The molecule has 1 aromatic rings. The topological polar surface area (TPSA) is 43.1 Å². The lowest BCUT2D eigenvalue weighted by Crippen LogP contribution is -2.35. The van der Waals surface area contributed by atoms with E-state index in [1.54, 1.807) is 0 Å². The fraction of sp³-hybridized carbons (Fsp3) is 0.444. The van der Waals surface area contributed by atoms with Gasteiger partial charge in [-0.3, -0.25) is 4.79 Å². The van der Waals surface area contributed by atoms with Crippen LogP contribution in [0.3, 0.4) is 0 Å². The molecule has 1 heterocycles. The fourth-order valence-electron chi connectivity index (χ4n) is 0.940. The van der Waals surface area contributed by atoms with Crippen molar-refractivity contribution in [2.45, 2.75) is 19.9 Å². The van der Waals surface area contributed by atoms with Gasteiger partial charge in [0.05, 0.1) is 6.04 Å². The molecular weight excluding hydrogens is 250 g/mol. The van der Waals surface area contributed by atoms with Crippen molar-refractivity contribution in [3.8, 4) is 0 Å². The third-order valence-corrected chi connectivity index (χ3v) is 3.60. The van der Waals surface area contributed by atoms with E-state index >= 15 is 0 Å². The first-order valence-corrected chi connectivity index (χ1v) is 5.79. The molecule has 0 amide bonds. The molecule has 0 aliphatic heterocycles. The van der Waals surface area contributed by atoms with E-state index in [0.29, 0.717) is 5.56 Å². The second-order valence-corrected chi connectivity index (χ2v) is 4.87. The first-order valence-electron chi connectivity index (χ1n) is 4.05. The molecule has 0 saturated heterocycles. The van der Waals surface area contributed by atoms with Crippen molar-refractivity contribution in [2.24, 2.45) is 11.7 Å². The molecule has 2 nitrogen and oxygen atoms in total. The number of thiophene rings is 1. The number of hydrogen-bond acceptors (Lipinski definition) is 3. The summed E-state index contributed by atoms with van der Waals surface area (Å²) in [5.41, 5.74) is 6.45. The molecule has 1 atom stereocenters. The zero-order chi connectivity index (χ0) is 10.0. The van der Waals surface area contributed by atoms with E-state index in [9.17, 15) is 4.79 Å². The van der Waals surface area contributed by atoms with E-state index < -0.39 is 6.04 Å². The number of ketones is 1. The monoisotopic (exact) mass is 261 g/mol. The number of carbonyl (C=O) groups excluding carboxylic acids is 1. The Balaban J connectivity index is 2.86. The van der Waals surface area contributed by atoms with Crippen LogP contribution in [-0.2, 0) is 0 Å². The van der Waals surface area contributed by atoms with Gasteiger partial charge >= 0.3 is 0 Å². The average Bonchev–Trinajstić information content (AvgIpc) is 2.48. The largest absolute Gasteiger partial charge is 0.321 e. The first kappa shape index (κ1) is 10.9. The molecule has 0 spiro atoms. The summed E-state index contributed by atoms with van der Waals surface area (Å²) in [6.07, 6.45) is 0. The Labute approximate surface area is 90.3 Å². The van der Waals surface area contributed by atoms with Crippen molar-refractivity contribution in [3.05, 3.63) is 20.8 Å². The average molecular weight is 262 g/mol. The van der Waals surface area contributed by atoms with Gasteiger partial charge in [-0.1, -0.05) is 13.8 Å². The van der Waals surface area contributed by atoms with Crippen LogP contribution in [0.4, 0.5) is 0 Å². The van der Waals surface area contributed by atoms with Gasteiger partial charge in [0.2, 0.25) is 0 Å². The van der Waals surface area contributed by atoms with Crippen LogP contribution in [0.25, 0.3) is 0 Å². The van der Waals surface area contributed by atoms with E-state index in [-0.39, 0.29) is 11.7 Å². The predicted molar refractivity (Wildman–Crippen MR) is 59.2 cm³/mol. The molecule has 0 radical (unpaired) electrons. The minimum Gasteiger partial charge on any atom is -0.321 e. The first-order chi connectivity index (χ1) is 6.04. The zero-order valence-corrected chi connectivity index (χ0v) is 9.98. The van der Waals surface area contributed by atoms with Gasteiger partial charge < -0.3 is 5.73 Å². The van der Waals surface area contributed by atoms with Gasteiger partial charge in [0.25, 0.3) is 0 Å². The number of rotatable bonds is 3. The van der Waals surface area contributed by atoms with Gasteiger partial charge in [-0.05, 0) is 21.8 Å². The summed E-state index contributed by atoms with van der Waals surface area (Å²) in [6.45, 7) is 3.89. The molecule has 4 heteroatoms. The lowest BCUT2D eigenvalue weighted by Gasteiger charge is -2.13. The number of carbonyl (C=O) groups is 1. The van der Waals surface area contributed by atoms with Crippen LogP contribution in [0.5, 0.6) is 0 Å². The molecule has 1 rings (SSSR count). The van der Waals surface area contributed by atoms with E-state index in [0.717, 1.165) is 4.47 Å². The van der Waals surface area contributed by atoms with Crippen LogP contribution in [0.2, 0.25) is 0 Å². The minimum absolute atomic E-state index is 0.0168. The van der Waals surface area contributed by atoms with Crippen molar-refractivity contribution in [2.75, 3.05) is 0 Å². The minimum atomic E-state index is -0.397. The smallest absolute Gasteiger partial charge is 0.181 e. The fourth-order valence-corrected chi connectivity index (χ4v) is 2.42. The molecule has 0 bridgehead atoms. The highest BCUT2D eigenvalue weighted by Crippen LogP contribution is 2.23. The summed E-state index contributed by atoms with van der Waals surface area (Å²) in [5.74, 6) is 0.197. The lowest BCUT2D eigenvalue weighted by atomic mass is 9.98. The van der Waals surface area contributed by atoms with Crippen LogP contribution in [0.15, 0.2) is 15.2 Å². The summed E-state index contributed by atoms with van der Waals surface area (Å²) in [6, 6.07) is -0.397. The second kappa shape index (κ2) is 4.35. The van der Waals surface area contributed by atoms with Gasteiger partial charge in [0, 0.05) is 20.8 Å². The third-order valence-electron chi connectivity index (χ3n) is 1.90. The van der Waals surface area contributed by atoms with Gasteiger partial charge in [-0.2, -0.15) is 11.3 Å². The third kappa shape index (κ3) is 2.39. The van der Waals surface area contributed by atoms with Crippen LogP contribution in [0, 0.1) is 5.92 Å². The Morgan fingerprint density at radius 2 is 2.15 bits per heavy atom. The van der Waals surface area contributed by atoms with E-state index in [1.807, 2.05) is 24.6 Å². The molecule has 13 heavy (non-hydrogen) atoms. The van der Waals surface area contributed by atoms with E-state index in [1.165, 1.54) is 11.3 Å². The van der Waals surface area contributed by atoms with Gasteiger partial charge in [-0.15, -0.1) is 0 Å².